The number of hydrogen-bond donors (Lipinski definition) is 3. The van der Waals surface area contributed by atoms with Gasteiger partial charge in [-0.25, -0.2) is 4.79 Å². The van der Waals surface area contributed by atoms with Gasteiger partial charge in [-0.3, -0.25) is 9.59 Å². The Bertz CT molecular complexity index is 317. The van der Waals surface area contributed by atoms with Crippen molar-refractivity contribution in [2.24, 2.45) is 11.7 Å². The third kappa shape index (κ3) is 6.72. The second kappa shape index (κ2) is 7.52. The van der Waals surface area contributed by atoms with Gasteiger partial charge < -0.3 is 21.1 Å². The van der Waals surface area contributed by atoms with Gasteiger partial charge in [-0.2, -0.15) is 0 Å². The Morgan fingerprint density at radius 2 is 1.89 bits per heavy atom. The lowest BCUT2D eigenvalue weighted by molar-refractivity contribution is -0.138. The number of nitrogens with one attached hydrogen (secondary N) is 1. The minimum Gasteiger partial charge on any atom is -0.481 e. The van der Waals surface area contributed by atoms with E-state index in [1.165, 1.54) is 11.9 Å². The lowest BCUT2D eigenvalue weighted by Crippen LogP contribution is -2.50. The van der Waals surface area contributed by atoms with Crippen molar-refractivity contribution in [1.82, 2.24) is 10.2 Å². The molecule has 0 rings (SSSR count). The van der Waals surface area contributed by atoms with E-state index in [4.69, 9.17) is 10.8 Å². The predicted octanol–water partition coefficient (Wildman–Crippen LogP) is 0.00250. The van der Waals surface area contributed by atoms with Gasteiger partial charge >= 0.3 is 12.0 Å². The largest absolute Gasteiger partial charge is 0.481 e. The maximum absolute atomic E-state index is 12.0. The molecule has 0 aliphatic heterocycles. The zero-order valence-corrected chi connectivity index (χ0v) is 11.0. The number of urea groups is 1. The fraction of sp³-hybridized carbons (Fsp3) is 0.727. The molecule has 7 heteroatoms. The summed E-state index contributed by atoms with van der Waals surface area (Å²) in [5, 5.41) is 10.9. The fourth-order valence-electron chi connectivity index (χ4n) is 1.50. The van der Waals surface area contributed by atoms with Gasteiger partial charge in [-0.15, -0.1) is 0 Å². The van der Waals surface area contributed by atoms with Gasteiger partial charge in [-0.05, 0) is 12.3 Å². The van der Waals surface area contributed by atoms with Crippen LogP contribution in [0.5, 0.6) is 0 Å². The maximum Gasteiger partial charge on any atom is 0.312 e. The van der Waals surface area contributed by atoms with E-state index < -0.39 is 18.0 Å². The van der Waals surface area contributed by atoms with Crippen molar-refractivity contribution < 1.29 is 19.5 Å². The van der Waals surface area contributed by atoms with Crippen molar-refractivity contribution in [3.05, 3.63) is 0 Å². The summed E-state index contributed by atoms with van der Waals surface area (Å²) in [6.45, 7) is 3.93. The Hall–Kier alpha value is -1.79. The first-order valence-corrected chi connectivity index (χ1v) is 5.76. The highest BCUT2D eigenvalue weighted by Gasteiger charge is 2.24. The third-order valence-corrected chi connectivity index (χ3v) is 2.36. The second-order valence-corrected chi connectivity index (χ2v) is 4.59. The highest BCUT2D eigenvalue weighted by atomic mass is 16.4. The Labute approximate surface area is 106 Å². The molecule has 7 nitrogen and oxygen atoms in total. The van der Waals surface area contributed by atoms with Gasteiger partial charge in [-0.1, -0.05) is 13.8 Å². The Balaban J connectivity index is 4.52. The average Bonchev–Trinajstić information content (AvgIpc) is 2.22. The summed E-state index contributed by atoms with van der Waals surface area (Å²) in [4.78, 5) is 34.5. The smallest absolute Gasteiger partial charge is 0.312 e. The van der Waals surface area contributed by atoms with Crippen LogP contribution in [0.2, 0.25) is 0 Å². The molecule has 3 amide bonds. The van der Waals surface area contributed by atoms with E-state index in [0.717, 1.165) is 0 Å². The van der Waals surface area contributed by atoms with Gasteiger partial charge in [0.2, 0.25) is 5.91 Å². The van der Waals surface area contributed by atoms with Crippen molar-refractivity contribution in [1.29, 1.82) is 0 Å². The standard InChI is InChI=1S/C11H21N3O4/c1-7(2)6-8(13-11(12)18)10(17)14(3)5-4-9(15)16/h7-8H,4-6H2,1-3H3,(H,15,16)(H3,12,13,18). The number of primary amides is 1. The van der Waals surface area contributed by atoms with E-state index in [9.17, 15) is 14.4 Å². The van der Waals surface area contributed by atoms with Gasteiger partial charge in [0.05, 0.1) is 6.42 Å². The molecule has 18 heavy (non-hydrogen) atoms. The number of nitrogens with zero attached hydrogens (tertiary/aromatic N) is 1. The van der Waals surface area contributed by atoms with E-state index in [0.29, 0.717) is 6.42 Å². The van der Waals surface area contributed by atoms with E-state index >= 15 is 0 Å². The van der Waals surface area contributed by atoms with Crippen molar-refractivity contribution in [3.8, 4) is 0 Å². The number of amides is 3. The average molecular weight is 259 g/mol. The normalized spacial score (nSPS) is 12.0. The molecular weight excluding hydrogens is 238 g/mol. The summed E-state index contributed by atoms with van der Waals surface area (Å²) in [5.41, 5.74) is 5.01. The van der Waals surface area contributed by atoms with Crippen LogP contribution in [0.3, 0.4) is 0 Å². The molecule has 0 heterocycles. The number of carbonyl (C=O) groups excluding carboxylic acids is 2. The summed E-state index contributed by atoms with van der Waals surface area (Å²) < 4.78 is 0. The molecule has 4 N–H and O–H groups in total. The summed E-state index contributed by atoms with van der Waals surface area (Å²) in [6, 6.07) is -1.47. The van der Waals surface area contributed by atoms with Crippen molar-refractivity contribution in [3.63, 3.8) is 0 Å². The van der Waals surface area contributed by atoms with Gasteiger partial charge in [0.1, 0.15) is 6.04 Å². The lowest BCUT2D eigenvalue weighted by Gasteiger charge is -2.24. The van der Waals surface area contributed by atoms with E-state index in [2.05, 4.69) is 5.32 Å². The summed E-state index contributed by atoms with van der Waals surface area (Å²) in [6.07, 6.45) is 0.326. The second-order valence-electron chi connectivity index (χ2n) is 4.59. The molecule has 0 spiro atoms. The van der Waals surface area contributed by atoms with E-state index in [1.54, 1.807) is 0 Å². The topological polar surface area (TPSA) is 113 Å². The molecule has 0 saturated heterocycles. The highest BCUT2D eigenvalue weighted by Crippen LogP contribution is 2.07. The summed E-state index contributed by atoms with van der Waals surface area (Å²) in [7, 11) is 1.50. The summed E-state index contributed by atoms with van der Waals surface area (Å²) in [5.74, 6) is -1.10. The van der Waals surface area contributed by atoms with Crippen molar-refractivity contribution in [2.75, 3.05) is 13.6 Å². The number of carboxylic acid groups (broad SMARTS) is 1. The quantitative estimate of drug-likeness (QED) is 0.597. The molecule has 104 valence electrons. The van der Waals surface area contributed by atoms with Crippen molar-refractivity contribution >= 4 is 17.9 Å². The van der Waals surface area contributed by atoms with Crippen LogP contribution in [-0.2, 0) is 9.59 Å². The number of carboxylic acids is 1. The molecule has 0 saturated carbocycles. The molecule has 0 aromatic carbocycles. The van der Waals surface area contributed by atoms with Crippen LogP contribution >= 0.6 is 0 Å². The highest BCUT2D eigenvalue weighted by molar-refractivity contribution is 5.86. The molecular formula is C11H21N3O4. The molecule has 0 aliphatic rings. The molecule has 0 aliphatic carbocycles. The molecule has 1 unspecified atom stereocenters. The minimum absolute atomic E-state index is 0.100. The molecule has 0 fully saturated rings. The molecule has 0 aromatic rings. The monoisotopic (exact) mass is 259 g/mol. The Morgan fingerprint density at radius 3 is 2.28 bits per heavy atom. The molecule has 0 radical (unpaired) electrons. The summed E-state index contributed by atoms with van der Waals surface area (Å²) >= 11 is 0. The number of carbonyl (C=O) groups is 3. The fourth-order valence-corrected chi connectivity index (χ4v) is 1.50. The third-order valence-electron chi connectivity index (χ3n) is 2.36. The van der Waals surface area contributed by atoms with Crippen LogP contribution in [0.15, 0.2) is 0 Å². The van der Waals surface area contributed by atoms with Crippen LogP contribution in [0.4, 0.5) is 4.79 Å². The van der Waals surface area contributed by atoms with Crippen LogP contribution in [0.25, 0.3) is 0 Å². The SMILES string of the molecule is CC(C)CC(NC(N)=O)C(=O)N(C)CCC(=O)O. The van der Waals surface area contributed by atoms with E-state index in [1.807, 2.05) is 13.8 Å². The molecule has 1 atom stereocenters. The maximum atomic E-state index is 12.0. The zero-order valence-electron chi connectivity index (χ0n) is 11.0. The van der Waals surface area contributed by atoms with Crippen LogP contribution in [0, 0.1) is 5.92 Å². The minimum atomic E-state index is -0.974. The first kappa shape index (κ1) is 16.2. The first-order valence-electron chi connectivity index (χ1n) is 5.76. The van der Waals surface area contributed by atoms with Crippen molar-refractivity contribution in [2.45, 2.75) is 32.7 Å². The number of rotatable bonds is 7. The number of hydrogen-bond acceptors (Lipinski definition) is 3. The van der Waals surface area contributed by atoms with Crippen LogP contribution < -0.4 is 11.1 Å². The number of aliphatic carboxylic acids is 1. The van der Waals surface area contributed by atoms with Gasteiger partial charge in [0, 0.05) is 13.6 Å². The number of nitrogens with two attached hydrogens (primary N) is 1. The molecule has 0 bridgehead atoms. The van der Waals surface area contributed by atoms with Gasteiger partial charge in [0.15, 0.2) is 0 Å². The lowest BCUT2D eigenvalue weighted by atomic mass is 10.0. The Kier molecular flexibility index (Phi) is 6.77. The Morgan fingerprint density at radius 1 is 1.33 bits per heavy atom. The van der Waals surface area contributed by atoms with Crippen LogP contribution in [0.1, 0.15) is 26.7 Å². The van der Waals surface area contributed by atoms with Crippen LogP contribution in [-0.4, -0.2) is 47.5 Å². The van der Waals surface area contributed by atoms with Gasteiger partial charge in [0.25, 0.3) is 0 Å². The first-order chi connectivity index (χ1) is 8.23. The number of likely N-dealkylation sites (N-methyl/N-ethyl adjacent to an activating group) is 1. The molecule has 0 aromatic heterocycles. The predicted molar refractivity (Wildman–Crippen MR) is 65.9 cm³/mol. The zero-order chi connectivity index (χ0) is 14.3. The van der Waals surface area contributed by atoms with E-state index in [-0.39, 0.29) is 24.8 Å².